The highest BCUT2D eigenvalue weighted by molar-refractivity contribution is 5.75. The highest BCUT2D eigenvalue weighted by atomic mass is 15.3. The molecule has 1 aliphatic heterocycles. The zero-order chi connectivity index (χ0) is 29.9. The third kappa shape index (κ3) is 14.4. The Labute approximate surface area is 240 Å². The monoisotopic (exact) mass is 549 g/mol. The second kappa shape index (κ2) is 19.3. The van der Waals surface area contributed by atoms with Gasteiger partial charge in [-0.25, -0.2) is 0 Å². The molecular weight excluding hydrogens is 498 g/mol. The van der Waals surface area contributed by atoms with Gasteiger partial charge in [0, 0.05) is 31.0 Å². The number of aliphatic imine (C=N–C) groups is 1. The van der Waals surface area contributed by atoms with E-state index in [4.69, 9.17) is 0 Å². The van der Waals surface area contributed by atoms with Crippen LogP contribution in [0.3, 0.4) is 0 Å². The van der Waals surface area contributed by atoms with E-state index in [1.54, 1.807) is 6.20 Å². The molecule has 220 valence electrons. The van der Waals surface area contributed by atoms with Crippen molar-refractivity contribution in [1.82, 2.24) is 40.8 Å². The highest BCUT2D eigenvalue weighted by Crippen LogP contribution is 2.12. The van der Waals surface area contributed by atoms with Gasteiger partial charge in [0.2, 0.25) is 0 Å². The molecule has 9 nitrogen and oxygen atoms in total. The molecule has 0 bridgehead atoms. The first kappa shape index (κ1) is 34.3. The quantitative estimate of drug-likeness (QED) is 0.203. The number of hydrogen-bond acceptors (Lipinski definition) is 5. The van der Waals surface area contributed by atoms with Gasteiger partial charge in [-0.3, -0.25) is 15.2 Å². The van der Waals surface area contributed by atoms with Crippen LogP contribution >= 0.6 is 0 Å². The first-order valence-electron chi connectivity index (χ1n) is 14.2. The standard InChI is InChI=1S/2C7H11N.2C6H10N2.C5H9N3/c2*1-6(2)7-3-4-8-5-7;2*1-5(2)6-3-7-8-4-6;1-4(2)5-3-6-8-7-5/h3-4,6H,5H2,1-2H3;3-6,8H,1-2H3;2*3-5H,1-2H3,(H,7,8);3-4H,1-2H3,(H,6,7,8). The van der Waals surface area contributed by atoms with Gasteiger partial charge in [0.1, 0.15) is 0 Å². The van der Waals surface area contributed by atoms with E-state index in [0.29, 0.717) is 29.6 Å². The lowest BCUT2D eigenvalue weighted by Gasteiger charge is -2.01. The van der Waals surface area contributed by atoms with Crippen molar-refractivity contribution in [2.45, 2.75) is 92.9 Å². The van der Waals surface area contributed by atoms with Crippen LogP contribution in [0.2, 0.25) is 0 Å². The summed E-state index contributed by atoms with van der Waals surface area (Å²) < 4.78 is 0. The number of aromatic amines is 4. The molecule has 0 atom stereocenters. The second-order valence-electron chi connectivity index (χ2n) is 11.1. The molecule has 0 amide bonds. The number of nitrogens with one attached hydrogen (secondary N) is 4. The van der Waals surface area contributed by atoms with Crippen molar-refractivity contribution < 1.29 is 0 Å². The minimum Gasteiger partial charge on any atom is -0.367 e. The van der Waals surface area contributed by atoms with E-state index in [1.165, 1.54) is 22.3 Å². The average molecular weight is 550 g/mol. The Kier molecular flexibility index (Phi) is 16.6. The Balaban J connectivity index is 0.000000250. The van der Waals surface area contributed by atoms with Gasteiger partial charge in [-0.2, -0.15) is 25.6 Å². The molecule has 4 N–H and O–H groups in total. The van der Waals surface area contributed by atoms with Crippen molar-refractivity contribution in [3.63, 3.8) is 0 Å². The fourth-order valence-electron chi connectivity index (χ4n) is 3.07. The predicted molar refractivity (Wildman–Crippen MR) is 167 cm³/mol. The first-order valence-corrected chi connectivity index (χ1v) is 14.2. The Morgan fingerprint density at radius 3 is 1.40 bits per heavy atom. The molecule has 4 aromatic rings. The molecule has 0 aromatic carbocycles. The molecular formula is C31H51N9. The minimum atomic E-state index is 0.480. The van der Waals surface area contributed by atoms with Crippen LogP contribution in [0, 0.1) is 5.92 Å². The van der Waals surface area contributed by atoms with Crippen molar-refractivity contribution in [3.8, 4) is 0 Å². The van der Waals surface area contributed by atoms with Gasteiger partial charge in [0.05, 0.1) is 30.8 Å². The molecule has 0 spiro atoms. The maximum atomic E-state index is 4.07. The van der Waals surface area contributed by atoms with Crippen LogP contribution in [0.1, 0.15) is 115 Å². The lowest BCUT2D eigenvalue weighted by molar-refractivity contribution is 0.754. The largest absolute Gasteiger partial charge is 0.367 e. The maximum absolute atomic E-state index is 4.07. The maximum Gasteiger partial charge on any atom is 0.0850 e. The van der Waals surface area contributed by atoms with Gasteiger partial charge in [0.25, 0.3) is 0 Å². The van der Waals surface area contributed by atoms with E-state index in [9.17, 15) is 0 Å². The molecule has 0 saturated heterocycles. The molecule has 4 aromatic heterocycles. The first-order chi connectivity index (χ1) is 19.0. The number of aromatic nitrogens is 8. The van der Waals surface area contributed by atoms with Gasteiger partial charge in [-0.05, 0) is 64.0 Å². The summed E-state index contributed by atoms with van der Waals surface area (Å²) in [7, 11) is 0. The van der Waals surface area contributed by atoms with Crippen molar-refractivity contribution >= 4 is 6.21 Å². The molecule has 0 saturated carbocycles. The zero-order valence-corrected chi connectivity index (χ0v) is 26.1. The lowest BCUT2D eigenvalue weighted by atomic mass is 10.1. The van der Waals surface area contributed by atoms with E-state index >= 15 is 0 Å². The van der Waals surface area contributed by atoms with Gasteiger partial charge >= 0.3 is 0 Å². The Bertz CT molecular complexity index is 979. The summed E-state index contributed by atoms with van der Waals surface area (Å²) in [6.07, 6.45) is 17.3. The van der Waals surface area contributed by atoms with Crippen molar-refractivity contribution in [2.24, 2.45) is 10.9 Å². The number of rotatable bonds is 5. The summed E-state index contributed by atoms with van der Waals surface area (Å²) in [5.74, 6) is 3.00. The topological polar surface area (TPSA) is 127 Å². The Morgan fingerprint density at radius 1 is 0.625 bits per heavy atom. The Hall–Kier alpha value is -3.75. The van der Waals surface area contributed by atoms with Crippen molar-refractivity contribution in [2.75, 3.05) is 6.54 Å². The number of nitrogens with zero attached hydrogens (tertiary/aromatic N) is 5. The summed E-state index contributed by atoms with van der Waals surface area (Å²) in [5.41, 5.74) is 6.38. The van der Waals surface area contributed by atoms with Crippen LogP contribution in [0.5, 0.6) is 0 Å². The van der Waals surface area contributed by atoms with Crippen molar-refractivity contribution in [1.29, 1.82) is 0 Å². The van der Waals surface area contributed by atoms with Gasteiger partial charge in [-0.1, -0.05) is 69.2 Å². The normalized spacial score (nSPS) is 11.8. The van der Waals surface area contributed by atoms with Crippen LogP contribution in [-0.4, -0.2) is 53.5 Å². The summed E-state index contributed by atoms with van der Waals surface area (Å²) in [5, 5.41) is 23.3. The number of H-pyrrole nitrogens is 4. The fourth-order valence-corrected chi connectivity index (χ4v) is 3.07. The summed E-state index contributed by atoms with van der Waals surface area (Å²) in [6.45, 7) is 22.4. The van der Waals surface area contributed by atoms with Crippen LogP contribution in [0.15, 0.2) is 66.1 Å². The van der Waals surface area contributed by atoms with Crippen molar-refractivity contribution in [3.05, 3.63) is 83.5 Å². The lowest BCUT2D eigenvalue weighted by Crippen LogP contribution is -1.93. The molecule has 0 unspecified atom stereocenters. The van der Waals surface area contributed by atoms with Gasteiger partial charge < -0.3 is 4.98 Å². The SMILES string of the molecule is CC(C)C1=CC=NC1.CC(C)c1cc[nH]c1.CC(C)c1cn[nH]c1.CC(C)c1cn[nH]c1.CC(C)c1cn[nH]n1. The van der Waals surface area contributed by atoms with Gasteiger partial charge in [0.15, 0.2) is 0 Å². The van der Waals surface area contributed by atoms with E-state index in [1.807, 2.05) is 43.4 Å². The van der Waals surface area contributed by atoms with Crippen LogP contribution in [0.25, 0.3) is 0 Å². The average Bonchev–Trinajstić information content (AvgIpc) is 3.74. The molecule has 0 fully saturated rings. The molecule has 0 radical (unpaired) electrons. The second-order valence-corrected chi connectivity index (χ2v) is 11.1. The summed E-state index contributed by atoms with van der Waals surface area (Å²) in [6, 6.07) is 2.10. The molecule has 0 aliphatic carbocycles. The molecule has 9 heteroatoms. The smallest absolute Gasteiger partial charge is 0.0850 e. The van der Waals surface area contributed by atoms with E-state index in [2.05, 4.69) is 127 Å². The van der Waals surface area contributed by atoms with E-state index in [0.717, 1.165) is 12.2 Å². The van der Waals surface area contributed by atoms with E-state index in [-0.39, 0.29) is 0 Å². The van der Waals surface area contributed by atoms with Crippen LogP contribution < -0.4 is 0 Å². The summed E-state index contributed by atoms with van der Waals surface area (Å²) in [4.78, 5) is 7.08. The third-order valence-corrected chi connectivity index (χ3v) is 6.10. The van der Waals surface area contributed by atoms with Gasteiger partial charge in [-0.15, -0.1) is 0 Å². The molecule has 1 aliphatic rings. The molecule has 5 rings (SSSR count). The molecule has 5 heterocycles. The van der Waals surface area contributed by atoms with E-state index < -0.39 is 0 Å². The third-order valence-electron chi connectivity index (χ3n) is 6.10. The summed E-state index contributed by atoms with van der Waals surface area (Å²) >= 11 is 0. The predicted octanol–water partition coefficient (Wildman–Crippen LogP) is 7.79. The Morgan fingerprint density at radius 2 is 1.20 bits per heavy atom. The number of hydrogen-bond donors (Lipinski definition) is 4. The highest BCUT2D eigenvalue weighted by Gasteiger charge is 2.03. The zero-order valence-electron chi connectivity index (χ0n) is 26.1. The van der Waals surface area contributed by atoms with Crippen LogP contribution in [0.4, 0.5) is 0 Å². The number of allylic oxidation sites excluding steroid dienone is 1. The minimum absolute atomic E-state index is 0.480. The fraction of sp³-hybridized carbons (Fsp3) is 0.516. The molecule has 40 heavy (non-hydrogen) atoms. The van der Waals surface area contributed by atoms with Crippen LogP contribution in [-0.2, 0) is 0 Å².